The van der Waals surface area contributed by atoms with Crippen molar-refractivity contribution >= 4 is 21.2 Å². The van der Waals surface area contributed by atoms with Crippen molar-refractivity contribution in [1.29, 1.82) is 0 Å². The van der Waals surface area contributed by atoms with E-state index in [4.69, 9.17) is 0 Å². The number of benzene rings is 2. The lowest BCUT2D eigenvalue weighted by molar-refractivity contribution is 1.10. The van der Waals surface area contributed by atoms with E-state index >= 15 is 0 Å². The Hall–Kier alpha value is -1.05. The molecule has 0 nitrogen and oxygen atoms in total. The van der Waals surface area contributed by atoms with Gasteiger partial charge >= 0.3 is 0 Å². The van der Waals surface area contributed by atoms with Gasteiger partial charge in [-0.3, -0.25) is 0 Å². The van der Waals surface area contributed by atoms with Crippen LogP contribution in [0.25, 0.3) is 0 Å². The van der Waals surface area contributed by atoms with Crippen LogP contribution < -0.4 is 0 Å². The molecule has 2 aromatic rings. The van der Waals surface area contributed by atoms with Gasteiger partial charge in [-0.15, -0.1) is 12.4 Å². The molecule has 0 N–H and O–H groups in total. The maximum Gasteiger partial charge on any atom is 0.0443 e. The zero-order valence-electron chi connectivity index (χ0n) is 10.3. The summed E-state index contributed by atoms with van der Waals surface area (Å²) in [5.74, 6) is 0. The summed E-state index contributed by atoms with van der Waals surface area (Å²) >= 11 is 0. The van der Waals surface area contributed by atoms with Gasteiger partial charge in [0.25, 0.3) is 0 Å². The van der Waals surface area contributed by atoms with Gasteiger partial charge in [-0.05, 0) is 11.1 Å². The number of halogens is 1. The monoisotopic (exact) mass is 262 g/mol. The fraction of sp³-hybridized carbons (Fsp3) is 0.200. The smallest absolute Gasteiger partial charge is 0.0443 e. The summed E-state index contributed by atoms with van der Waals surface area (Å²) in [6.07, 6.45) is 0. The van der Waals surface area contributed by atoms with Crippen LogP contribution in [0.2, 0.25) is 13.1 Å². The highest BCUT2D eigenvalue weighted by Gasteiger charge is 2.17. The first kappa shape index (κ1) is 14.0. The predicted octanol–water partition coefficient (Wildman–Crippen LogP) is 4.27. The third kappa shape index (κ3) is 3.45. The van der Waals surface area contributed by atoms with Crippen LogP contribution in [0.5, 0.6) is 0 Å². The largest absolute Gasteiger partial charge is 0.147 e. The van der Waals surface area contributed by atoms with Crippen LogP contribution in [-0.2, 0) is 0 Å². The first-order valence-corrected chi connectivity index (χ1v) is 8.86. The summed E-state index contributed by atoms with van der Waals surface area (Å²) in [7, 11) is -0.739. The topological polar surface area (TPSA) is 0 Å². The first-order valence-electron chi connectivity index (χ1n) is 5.89. The predicted molar refractivity (Wildman–Crippen MR) is 80.9 cm³/mol. The van der Waals surface area contributed by atoms with Crippen molar-refractivity contribution in [2.24, 2.45) is 0 Å². The van der Waals surface area contributed by atoms with Gasteiger partial charge in [-0.25, -0.2) is 0 Å². The molecular formula is C15H19ClSi. The summed E-state index contributed by atoms with van der Waals surface area (Å²) < 4.78 is 0. The molecule has 0 aliphatic carbocycles. The van der Waals surface area contributed by atoms with Gasteiger partial charge in [0.2, 0.25) is 0 Å². The van der Waals surface area contributed by atoms with Crippen molar-refractivity contribution in [3.05, 3.63) is 71.8 Å². The van der Waals surface area contributed by atoms with Crippen molar-refractivity contribution in [1.82, 2.24) is 0 Å². The molecule has 0 unspecified atom stereocenters. The second kappa shape index (κ2) is 6.63. The average Bonchev–Trinajstić information content (AvgIpc) is 2.31. The molecule has 0 saturated carbocycles. The van der Waals surface area contributed by atoms with Gasteiger partial charge in [0.15, 0.2) is 0 Å². The molecule has 2 rings (SSSR count). The van der Waals surface area contributed by atoms with E-state index in [0.29, 0.717) is 5.54 Å². The zero-order chi connectivity index (χ0) is 11.4. The lowest BCUT2D eigenvalue weighted by Gasteiger charge is -2.21. The third-order valence-corrected chi connectivity index (χ3v) is 5.09. The minimum Gasteiger partial charge on any atom is -0.147 e. The summed E-state index contributed by atoms with van der Waals surface area (Å²) in [5, 5.41) is 0. The molecule has 0 aliphatic rings. The number of rotatable bonds is 3. The summed E-state index contributed by atoms with van der Waals surface area (Å²) in [4.78, 5) is 0. The van der Waals surface area contributed by atoms with Gasteiger partial charge in [-0.1, -0.05) is 73.8 Å². The Morgan fingerprint density at radius 1 is 0.706 bits per heavy atom. The molecule has 0 atom stereocenters. The molecule has 2 aromatic carbocycles. The normalized spacial score (nSPS) is 10.4. The van der Waals surface area contributed by atoms with Crippen LogP contribution >= 0.6 is 12.4 Å². The second-order valence-corrected chi connectivity index (χ2v) is 7.70. The molecule has 0 radical (unpaired) electrons. The van der Waals surface area contributed by atoms with E-state index < -0.39 is 8.80 Å². The van der Waals surface area contributed by atoms with Crippen molar-refractivity contribution in [3.63, 3.8) is 0 Å². The van der Waals surface area contributed by atoms with Crippen LogP contribution in [0.15, 0.2) is 60.7 Å². The Bertz CT molecular complexity index is 386. The Morgan fingerprint density at radius 2 is 1.06 bits per heavy atom. The SMILES string of the molecule is C[SiH](C)C(c1ccccc1)c1ccccc1.Cl. The van der Waals surface area contributed by atoms with E-state index in [9.17, 15) is 0 Å². The van der Waals surface area contributed by atoms with Gasteiger partial charge in [-0.2, -0.15) is 0 Å². The standard InChI is InChI=1S/C15H18Si.ClH/c1-16(2)15(13-9-5-3-6-10-13)14-11-7-4-8-12-14;/h3-12,15-16H,1-2H3;1H. The van der Waals surface area contributed by atoms with Crippen LogP contribution in [0.4, 0.5) is 0 Å². The highest BCUT2D eigenvalue weighted by molar-refractivity contribution is 6.58. The first-order chi connectivity index (χ1) is 7.79. The van der Waals surface area contributed by atoms with Crippen molar-refractivity contribution < 1.29 is 0 Å². The lowest BCUT2D eigenvalue weighted by atomic mass is 10.0. The quantitative estimate of drug-likeness (QED) is 0.725. The second-order valence-electron chi connectivity index (χ2n) is 4.54. The zero-order valence-corrected chi connectivity index (χ0v) is 12.3. The molecular weight excluding hydrogens is 244 g/mol. The Kier molecular flexibility index (Phi) is 5.46. The van der Waals surface area contributed by atoms with E-state index in [0.717, 1.165) is 0 Å². The minimum absolute atomic E-state index is 0. The van der Waals surface area contributed by atoms with Gasteiger partial charge in [0.05, 0.1) is 0 Å². The Labute approximate surface area is 112 Å². The van der Waals surface area contributed by atoms with Gasteiger partial charge < -0.3 is 0 Å². The molecule has 0 spiro atoms. The molecule has 0 aliphatic heterocycles. The average molecular weight is 263 g/mol. The molecule has 2 heteroatoms. The van der Waals surface area contributed by atoms with Crippen molar-refractivity contribution in [2.45, 2.75) is 18.6 Å². The molecule has 0 amide bonds. The van der Waals surface area contributed by atoms with E-state index in [1.54, 1.807) is 0 Å². The van der Waals surface area contributed by atoms with Gasteiger partial charge in [0.1, 0.15) is 0 Å². The molecule has 0 aromatic heterocycles. The van der Waals surface area contributed by atoms with E-state index in [-0.39, 0.29) is 12.4 Å². The Balaban J connectivity index is 0.00000144. The summed E-state index contributed by atoms with van der Waals surface area (Å²) in [6, 6.07) is 21.8. The highest BCUT2D eigenvalue weighted by Crippen LogP contribution is 2.26. The third-order valence-electron chi connectivity index (χ3n) is 2.98. The fourth-order valence-electron chi connectivity index (χ4n) is 2.28. The van der Waals surface area contributed by atoms with Crippen molar-refractivity contribution in [3.8, 4) is 0 Å². The highest BCUT2D eigenvalue weighted by atomic mass is 35.5. The van der Waals surface area contributed by atoms with E-state index in [1.165, 1.54) is 11.1 Å². The maximum absolute atomic E-state index is 2.42. The summed E-state index contributed by atoms with van der Waals surface area (Å²) in [6.45, 7) is 4.84. The minimum atomic E-state index is -0.739. The van der Waals surface area contributed by atoms with Crippen molar-refractivity contribution in [2.75, 3.05) is 0 Å². The molecule has 17 heavy (non-hydrogen) atoms. The summed E-state index contributed by atoms with van der Waals surface area (Å²) in [5.41, 5.74) is 3.58. The molecule has 0 heterocycles. The number of hydrogen-bond acceptors (Lipinski definition) is 0. The Morgan fingerprint density at radius 3 is 1.35 bits per heavy atom. The molecule has 0 saturated heterocycles. The molecule has 0 bridgehead atoms. The van der Waals surface area contributed by atoms with E-state index in [1.807, 2.05) is 0 Å². The fourth-order valence-corrected chi connectivity index (χ4v) is 4.27. The van der Waals surface area contributed by atoms with Crippen LogP contribution in [0.3, 0.4) is 0 Å². The van der Waals surface area contributed by atoms with Crippen LogP contribution in [0.1, 0.15) is 16.7 Å². The maximum atomic E-state index is 2.42. The van der Waals surface area contributed by atoms with Crippen LogP contribution in [0, 0.1) is 0 Å². The number of hydrogen-bond donors (Lipinski definition) is 0. The van der Waals surface area contributed by atoms with Gasteiger partial charge in [0, 0.05) is 14.3 Å². The molecule has 0 fully saturated rings. The van der Waals surface area contributed by atoms with Crippen LogP contribution in [-0.4, -0.2) is 8.80 Å². The van der Waals surface area contributed by atoms with E-state index in [2.05, 4.69) is 73.8 Å². The lowest BCUT2D eigenvalue weighted by Crippen LogP contribution is -2.17. The molecule has 90 valence electrons.